The van der Waals surface area contributed by atoms with E-state index in [1.165, 1.54) is 57.8 Å². The quantitative estimate of drug-likeness (QED) is 0.145. The van der Waals surface area contributed by atoms with E-state index in [4.69, 9.17) is 9.47 Å². The van der Waals surface area contributed by atoms with Crippen molar-refractivity contribution in [2.24, 2.45) is 0 Å². The molecule has 0 spiro atoms. The Kier molecular flexibility index (Phi) is 20.0. The number of hydrogen-bond donors (Lipinski definition) is 0. The predicted octanol–water partition coefficient (Wildman–Crippen LogP) is 6.52. The van der Waals surface area contributed by atoms with Crippen molar-refractivity contribution in [3.63, 3.8) is 0 Å². The van der Waals surface area contributed by atoms with E-state index >= 15 is 0 Å². The van der Waals surface area contributed by atoms with Gasteiger partial charge in [0.25, 0.3) is 0 Å². The second-order valence-corrected chi connectivity index (χ2v) is 7.14. The van der Waals surface area contributed by atoms with Crippen LogP contribution in [0.5, 0.6) is 0 Å². The number of ether oxygens (including phenoxy) is 2. The number of carbonyl (C=O) groups excluding carboxylic acids is 2. The summed E-state index contributed by atoms with van der Waals surface area (Å²) in [6.07, 6.45) is 20.0. The highest BCUT2D eigenvalue weighted by molar-refractivity contribution is 5.77. The van der Waals surface area contributed by atoms with E-state index in [0.29, 0.717) is 13.2 Å². The lowest BCUT2D eigenvalue weighted by Gasteiger charge is -2.06. The topological polar surface area (TPSA) is 52.6 Å². The summed E-state index contributed by atoms with van der Waals surface area (Å²) >= 11 is 0. The lowest BCUT2D eigenvalue weighted by atomic mass is 10.1. The van der Waals surface area contributed by atoms with Crippen molar-refractivity contribution in [3.8, 4) is 0 Å². The summed E-state index contributed by atoms with van der Waals surface area (Å²) in [5.74, 6) is -0.628. The van der Waals surface area contributed by atoms with Gasteiger partial charge in [-0.05, 0) is 19.3 Å². The number of carbonyl (C=O) groups is 2. The molecule has 0 unspecified atom stereocenters. The standard InChI is InChI=1S/C23H42O4/c1-3-5-7-9-10-11-12-13-14-15-17-21-27-23(25)19-18-22(24)26-20-16-8-6-4-2/h6,8H,3-5,7,9-21H2,1-2H3/b8-6-. The largest absolute Gasteiger partial charge is 0.466 e. The molecular formula is C23H42O4. The molecule has 0 bridgehead atoms. The van der Waals surface area contributed by atoms with Crippen LogP contribution >= 0.6 is 0 Å². The van der Waals surface area contributed by atoms with Crippen molar-refractivity contribution in [3.05, 3.63) is 12.2 Å². The van der Waals surface area contributed by atoms with Crippen LogP contribution in [0.15, 0.2) is 12.2 Å². The van der Waals surface area contributed by atoms with E-state index in [-0.39, 0.29) is 24.8 Å². The highest BCUT2D eigenvalue weighted by atomic mass is 16.5. The highest BCUT2D eigenvalue weighted by Crippen LogP contribution is 2.11. The molecule has 0 aromatic rings. The molecule has 0 aliphatic heterocycles. The van der Waals surface area contributed by atoms with Gasteiger partial charge in [-0.2, -0.15) is 0 Å². The smallest absolute Gasteiger partial charge is 0.306 e. The van der Waals surface area contributed by atoms with Gasteiger partial charge < -0.3 is 9.47 Å². The van der Waals surface area contributed by atoms with Crippen molar-refractivity contribution < 1.29 is 19.1 Å². The predicted molar refractivity (Wildman–Crippen MR) is 112 cm³/mol. The first kappa shape index (κ1) is 25.7. The molecule has 0 N–H and O–H groups in total. The summed E-state index contributed by atoms with van der Waals surface area (Å²) < 4.78 is 10.2. The van der Waals surface area contributed by atoms with Crippen LogP contribution in [0.4, 0.5) is 0 Å². The summed E-state index contributed by atoms with van der Waals surface area (Å²) in [7, 11) is 0. The average Bonchev–Trinajstić information content (AvgIpc) is 2.67. The van der Waals surface area contributed by atoms with Gasteiger partial charge in [-0.15, -0.1) is 0 Å². The van der Waals surface area contributed by atoms with E-state index in [0.717, 1.165) is 25.7 Å². The fourth-order valence-corrected chi connectivity index (χ4v) is 2.83. The maximum Gasteiger partial charge on any atom is 0.306 e. The molecule has 4 heteroatoms. The van der Waals surface area contributed by atoms with Gasteiger partial charge in [0.05, 0.1) is 26.1 Å². The van der Waals surface area contributed by atoms with E-state index in [2.05, 4.69) is 13.8 Å². The summed E-state index contributed by atoms with van der Waals surface area (Å²) in [6, 6.07) is 0. The number of unbranched alkanes of at least 4 members (excludes halogenated alkanes) is 10. The van der Waals surface area contributed by atoms with Gasteiger partial charge in [0.15, 0.2) is 0 Å². The second kappa shape index (κ2) is 21.0. The van der Waals surface area contributed by atoms with Gasteiger partial charge in [0, 0.05) is 0 Å². The monoisotopic (exact) mass is 382 g/mol. The Morgan fingerprint density at radius 2 is 1.11 bits per heavy atom. The lowest BCUT2D eigenvalue weighted by molar-refractivity contribution is -0.150. The first-order valence-corrected chi connectivity index (χ1v) is 11.2. The van der Waals surface area contributed by atoms with Crippen LogP contribution in [0.1, 0.15) is 110 Å². The van der Waals surface area contributed by atoms with Gasteiger partial charge in [-0.1, -0.05) is 90.2 Å². The molecular weight excluding hydrogens is 340 g/mol. The third-order valence-corrected chi connectivity index (χ3v) is 4.49. The molecule has 0 aromatic heterocycles. The van der Waals surface area contributed by atoms with Crippen LogP contribution in [0.2, 0.25) is 0 Å². The molecule has 0 amide bonds. The molecule has 0 aliphatic rings. The second-order valence-electron chi connectivity index (χ2n) is 7.14. The minimum Gasteiger partial charge on any atom is -0.466 e. The summed E-state index contributed by atoms with van der Waals surface area (Å²) in [6.45, 7) is 5.15. The SMILES string of the molecule is CC/C=C\CCOC(=O)CCC(=O)OCCCCCCCCCCCCC. The van der Waals surface area contributed by atoms with Gasteiger partial charge >= 0.3 is 11.9 Å². The van der Waals surface area contributed by atoms with Gasteiger partial charge in [0.2, 0.25) is 0 Å². The van der Waals surface area contributed by atoms with Gasteiger partial charge in [0.1, 0.15) is 0 Å². The zero-order chi connectivity index (χ0) is 20.0. The molecule has 0 aliphatic carbocycles. The Bertz CT molecular complexity index is 377. The maximum atomic E-state index is 11.6. The molecule has 0 atom stereocenters. The Balaban J connectivity index is 3.32. The highest BCUT2D eigenvalue weighted by Gasteiger charge is 2.08. The molecule has 0 fully saturated rings. The zero-order valence-electron chi connectivity index (χ0n) is 17.8. The summed E-state index contributed by atoms with van der Waals surface area (Å²) in [5.41, 5.74) is 0. The normalized spacial score (nSPS) is 11.0. The number of hydrogen-bond acceptors (Lipinski definition) is 4. The van der Waals surface area contributed by atoms with Crippen molar-refractivity contribution in [1.29, 1.82) is 0 Å². The Hall–Kier alpha value is -1.32. The van der Waals surface area contributed by atoms with E-state index in [9.17, 15) is 9.59 Å². The summed E-state index contributed by atoms with van der Waals surface area (Å²) in [5, 5.41) is 0. The van der Waals surface area contributed by atoms with Crippen molar-refractivity contribution in [2.75, 3.05) is 13.2 Å². The van der Waals surface area contributed by atoms with E-state index in [1.54, 1.807) is 0 Å². The molecule has 158 valence electrons. The molecule has 0 saturated heterocycles. The molecule has 0 aromatic carbocycles. The van der Waals surface area contributed by atoms with E-state index in [1.807, 2.05) is 12.2 Å². The first-order chi connectivity index (χ1) is 13.2. The molecule has 0 heterocycles. The Morgan fingerprint density at radius 1 is 0.630 bits per heavy atom. The maximum absolute atomic E-state index is 11.6. The van der Waals surface area contributed by atoms with Crippen LogP contribution in [-0.4, -0.2) is 25.2 Å². The van der Waals surface area contributed by atoms with Crippen LogP contribution in [-0.2, 0) is 19.1 Å². The fourth-order valence-electron chi connectivity index (χ4n) is 2.83. The molecule has 0 radical (unpaired) electrons. The van der Waals surface area contributed by atoms with Crippen LogP contribution in [0, 0.1) is 0 Å². The minimum atomic E-state index is -0.327. The van der Waals surface area contributed by atoms with Crippen LogP contribution < -0.4 is 0 Å². The number of esters is 2. The average molecular weight is 383 g/mol. The zero-order valence-corrected chi connectivity index (χ0v) is 17.8. The molecule has 27 heavy (non-hydrogen) atoms. The van der Waals surface area contributed by atoms with Crippen molar-refractivity contribution in [2.45, 2.75) is 110 Å². The third-order valence-electron chi connectivity index (χ3n) is 4.49. The van der Waals surface area contributed by atoms with Crippen molar-refractivity contribution in [1.82, 2.24) is 0 Å². The fraction of sp³-hybridized carbons (Fsp3) is 0.826. The van der Waals surface area contributed by atoms with Crippen molar-refractivity contribution >= 4 is 11.9 Å². The van der Waals surface area contributed by atoms with Gasteiger partial charge in [-0.25, -0.2) is 0 Å². The Morgan fingerprint density at radius 3 is 1.63 bits per heavy atom. The third kappa shape index (κ3) is 20.8. The van der Waals surface area contributed by atoms with E-state index < -0.39 is 0 Å². The summed E-state index contributed by atoms with van der Waals surface area (Å²) in [4.78, 5) is 23.1. The minimum absolute atomic E-state index is 0.106. The van der Waals surface area contributed by atoms with Crippen LogP contribution in [0.3, 0.4) is 0 Å². The molecule has 0 rings (SSSR count). The molecule has 4 nitrogen and oxygen atoms in total. The number of rotatable bonds is 19. The molecule has 0 saturated carbocycles. The van der Waals surface area contributed by atoms with Crippen LogP contribution in [0.25, 0.3) is 0 Å². The first-order valence-electron chi connectivity index (χ1n) is 11.2. The number of allylic oxidation sites excluding steroid dienone is 1. The lowest BCUT2D eigenvalue weighted by Crippen LogP contribution is -2.11. The Labute approximate surface area is 167 Å². The van der Waals surface area contributed by atoms with Gasteiger partial charge in [-0.3, -0.25) is 9.59 Å².